The molecule has 6 heteroatoms. The van der Waals surface area contributed by atoms with Crippen molar-refractivity contribution in [1.29, 1.82) is 0 Å². The molecule has 1 fully saturated rings. The molecular weight excluding hydrogens is 252 g/mol. The van der Waals surface area contributed by atoms with Crippen LogP contribution in [0.5, 0.6) is 0 Å². The topological polar surface area (TPSA) is 78.4 Å². The van der Waals surface area contributed by atoms with Crippen LogP contribution in [-0.4, -0.2) is 41.2 Å². The molecule has 1 rings (SSSR count). The fourth-order valence-electron chi connectivity index (χ4n) is 1.94. The van der Waals surface area contributed by atoms with E-state index >= 15 is 0 Å². The summed E-state index contributed by atoms with van der Waals surface area (Å²) in [5.74, 6) is 1.87. The number of urea groups is 1. The first-order valence-electron chi connectivity index (χ1n) is 6.48. The fourth-order valence-corrected chi connectivity index (χ4v) is 3.15. The average molecular weight is 274 g/mol. The van der Waals surface area contributed by atoms with Gasteiger partial charge in [-0.15, -0.1) is 0 Å². The number of nitrogens with one attached hydrogen (secondary N) is 2. The van der Waals surface area contributed by atoms with E-state index in [1.54, 1.807) is 0 Å². The second-order valence-corrected chi connectivity index (χ2v) is 5.81. The lowest BCUT2D eigenvalue weighted by Gasteiger charge is -2.22. The fraction of sp³-hybridized carbons (Fsp3) is 0.833. The van der Waals surface area contributed by atoms with E-state index in [0.29, 0.717) is 18.9 Å². The van der Waals surface area contributed by atoms with Crippen molar-refractivity contribution in [3.05, 3.63) is 0 Å². The van der Waals surface area contributed by atoms with Crippen LogP contribution in [0, 0.1) is 5.92 Å². The normalized spacial score (nSPS) is 18.1. The number of thioether (sulfide) groups is 1. The molecule has 3 N–H and O–H groups in total. The number of carboxylic acids is 1. The number of amides is 2. The maximum atomic E-state index is 11.6. The molecule has 0 saturated carbocycles. The quantitative estimate of drug-likeness (QED) is 0.688. The number of hydrogen-bond donors (Lipinski definition) is 3. The largest absolute Gasteiger partial charge is 0.480 e. The highest BCUT2D eigenvalue weighted by atomic mass is 32.2. The molecule has 104 valence electrons. The van der Waals surface area contributed by atoms with E-state index in [9.17, 15) is 9.59 Å². The van der Waals surface area contributed by atoms with Gasteiger partial charge in [0.2, 0.25) is 0 Å². The third-order valence-corrected chi connectivity index (χ3v) is 4.12. The molecule has 0 aromatic heterocycles. The van der Waals surface area contributed by atoms with Gasteiger partial charge in [-0.2, -0.15) is 11.8 Å². The van der Waals surface area contributed by atoms with E-state index in [0.717, 1.165) is 30.8 Å². The van der Waals surface area contributed by atoms with Crippen molar-refractivity contribution in [2.75, 3.05) is 18.1 Å². The highest BCUT2D eigenvalue weighted by Gasteiger charge is 2.19. The number of carboxylic acid groups (broad SMARTS) is 1. The van der Waals surface area contributed by atoms with Crippen LogP contribution in [-0.2, 0) is 4.79 Å². The van der Waals surface area contributed by atoms with Crippen LogP contribution in [0.15, 0.2) is 0 Å². The summed E-state index contributed by atoms with van der Waals surface area (Å²) in [6.07, 6.45) is 3.45. The first kappa shape index (κ1) is 15.1. The van der Waals surface area contributed by atoms with Crippen LogP contribution in [0.2, 0.25) is 0 Å². The summed E-state index contributed by atoms with van der Waals surface area (Å²) in [5.41, 5.74) is 0. The molecule has 0 aromatic carbocycles. The minimum atomic E-state index is -0.971. The molecule has 0 bridgehead atoms. The van der Waals surface area contributed by atoms with Crippen molar-refractivity contribution in [2.45, 2.75) is 38.6 Å². The SMILES string of the molecule is CCC[C@@H](NC(=O)NCC1CCSCC1)C(=O)O. The second-order valence-electron chi connectivity index (χ2n) is 4.59. The third kappa shape index (κ3) is 5.62. The summed E-state index contributed by atoms with van der Waals surface area (Å²) in [6.45, 7) is 2.54. The predicted octanol–water partition coefficient (Wildman–Crippen LogP) is 1.68. The molecular formula is C12H22N2O3S. The maximum Gasteiger partial charge on any atom is 0.326 e. The molecule has 2 amide bonds. The monoisotopic (exact) mass is 274 g/mol. The van der Waals surface area contributed by atoms with Gasteiger partial charge in [-0.25, -0.2) is 9.59 Å². The Morgan fingerprint density at radius 2 is 2.06 bits per heavy atom. The van der Waals surface area contributed by atoms with Gasteiger partial charge in [0.25, 0.3) is 0 Å². The molecule has 1 saturated heterocycles. The summed E-state index contributed by atoms with van der Waals surface area (Å²) in [4.78, 5) is 22.5. The van der Waals surface area contributed by atoms with Crippen LogP contribution in [0.1, 0.15) is 32.6 Å². The average Bonchev–Trinajstić information content (AvgIpc) is 2.37. The molecule has 0 aromatic rings. The van der Waals surface area contributed by atoms with Crippen molar-refractivity contribution < 1.29 is 14.7 Å². The molecule has 0 spiro atoms. The van der Waals surface area contributed by atoms with E-state index in [4.69, 9.17) is 5.11 Å². The zero-order chi connectivity index (χ0) is 13.4. The first-order chi connectivity index (χ1) is 8.63. The van der Waals surface area contributed by atoms with Gasteiger partial charge in [-0.3, -0.25) is 0 Å². The molecule has 1 aliphatic rings. The Morgan fingerprint density at radius 3 is 2.61 bits per heavy atom. The zero-order valence-electron chi connectivity index (χ0n) is 10.8. The minimum Gasteiger partial charge on any atom is -0.480 e. The summed E-state index contributed by atoms with van der Waals surface area (Å²) < 4.78 is 0. The smallest absolute Gasteiger partial charge is 0.326 e. The van der Waals surface area contributed by atoms with Crippen molar-refractivity contribution in [3.8, 4) is 0 Å². The van der Waals surface area contributed by atoms with Crippen LogP contribution in [0.25, 0.3) is 0 Å². The van der Waals surface area contributed by atoms with E-state index in [-0.39, 0.29) is 6.03 Å². The number of carbonyl (C=O) groups excluding carboxylic acids is 1. The number of rotatable bonds is 6. The van der Waals surface area contributed by atoms with E-state index < -0.39 is 12.0 Å². The van der Waals surface area contributed by atoms with Gasteiger partial charge in [0.1, 0.15) is 6.04 Å². The summed E-state index contributed by atoms with van der Waals surface area (Å²) in [6, 6.07) is -1.15. The number of aliphatic carboxylic acids is 1. The zero-order valence-corrected chi connectivity index (χ0v) is 11.6. The lowest BCUT2D eigenvalue weighted by Crippen LogP contribution is -2.47. The Morgan fingerprint density at radius 1 is 1.39 bits per heavy atom. The molecule has 0 radical (unpaired) electrons. The lowest BCUT2D eigenvalue weighted by atomic mass is 10.0. The van der Waals surface area contributed by atoms with E-state index in [1.165, 1.54) is 0 Å². The Kier molecular flexibility index (Phi) is 6.93. The molecule has 1 heterocycles. The van der Waals surface area contributed by atoms with E-state index in [2.05, 4.69) is 10.6 Å². The van der Waals surface area contributed by atoms with Crippen LogP contribution < -0.4 is 10.6 Å². The highest BCUT2D eigenvalue weighted by Crippen LogP contribution is 2.21. The van der Waals surface area contributed by atoms with Gasteiger partial charge in [-0.05, 0) is 36.7 Å². The highest BCUT2D eigenvalue weighted by molar-refractivity contribution is 7.99. The van der Waals surface area contributed by atoms with Gasteiger partial charge >= 0.3 is 12.0 Å². The van der Waals surface area contributed by atoms with Gasteiger partial charge in [0.15, 0.2) is 0 Å². The summed E-state index contributed by atoms with van der Waals surface area (Å²) >= 11 is 1.95. The van der Waals surface area contributed by atoms with Crippen molar-refractivity contribution in [1.82, 2.24) is 10.6 Å². The number of carbonyl (C=O) groups is 2. The van der Waals surface area contributed by atoms with Crippen LogP contribution in [0.4, 0.5) is 4.79 Å². The van der Waals surface area contributed by atoms with E-state index in [1.807, 2.05) is 18.7 Å². The predicted molar refractivity (Wildman–Crippen MR) is 72.9 cm³/mol. The standard InChI is InChI=1S/C12H22N2O3S/c1-2-3-10(11(15)16)14-12(17)13-8-9-4-6-18-7-5-9/h9-10H,2-8H2,1H3,(H,15,16)(H2,13,14,17)/t10-/m1/s1. The number of hydrogen-bond acceptors (Lipinski definition) is 3. The van der Waals surface area contributed by atoms with Gasteiger partial charge in [-0.1, -0.05) is 13.3 Å². The van der Waals surface area contributed by atoms with Crippen LogP contribution >= 0.6 is 11.8 Å². The minimum absolute atomic E-state index is 0.367. The lowest BCUT2D eigenvalue weighted by molar-refractivity contribution is -0.139. The summed E-state index contributed by atoms with van der Waals surface area (Å²) in [5, 5.41) is 14.2. The molecule has 0 unspecified atom stereocenters. The van der Waals surface area contributed by atoms with Crippen LogP contribution in [0.3, 0.4) is 0 Å². The Balaban J connectivity index is 2.24. The maximum absolute atomic E-state index is 11.6. The Bertz CT molecular complexity index is 280. The van der Waals surface area contributed by atoms with Gasteiger partial charge in [0, 0.05) is 6.54 Å². The van der Waals surface area contributed by atoms with Gasteiger partial charge in [0.05, 0.1) is 0 Å². The Hall–Kier alpha value is -0.910. The van der Waals surface area contributed by atoms with Crippen molar-refractivity contribution in [2.24, 2.45) is 5.92 Å². The summed E-state index contributed by atoms with van der Waals surface area (Å²) in [7, 11) is 0. The third-order valence-electron chi connectivity index (χ3n) is 3.07. The second kappa shape index (κ2) is 8.24. The van der Waals surface area contributed by atoms with Crippen molar-refractivity contribution in [3.63, 3.8) is 0 Å². The molecule has 1 atom stereocenters. The Labute approximate surface area is 112 Å². The first-order valence-corrected chi connectivity index (χ1v) is 7.63. The molecule has 0 aliphatic carbocycles. The molecule has 18 heavy (non-hydrogen) atoms. The molecule has 1 aliphatic heterocycles. The van der Waals surface area contributed by atoms with Gasteiger partial charge < -0.3 is 15.7 Å². The molecule has 5 nitrogen and oxygen atoms in total. The van der Waals surface area contributed by atoms with Crippen molar-refractivity contribution >= 4 is 23.8 Å².